The predicted octanol–water partition coefficient (Wildman–Crippen LogP) is 5.70. The number of Topliss-reactive ketones (excluding diaryl/α,β-unsaturated/α-hetero) is 1. The Labute approximate surface area is 217 Å². The Hall–Kier alpha value is -3.75. The molecule has 9 heteroatoms. The standard InChI is InChI=1S/C28H24ClFN4O3/c29-22-10-17(11-23(30)28(22)37)16-3-5-24-20(9-16)26(21(13-31-24)27(36)15-1-2-15)33-18-4-6-25(32-12-18)34-8-7-19(35)14-34/h3-6,9-13,15,19,35,37H,1-2,7-8,14H2,(H,31,33). The zero-order chi connectivity index (χ0) is 25.7. The molecule has 1 saturated heterocycles. The molecule has 2 aliphatic rings. The first-order chi connectivity index (χ1) is 17.9. The van der Waals surface area contributed by atoms with E-state index >= 15 is 0 Å². The Balaban J connectivity index is 1.42. The van der Waals surface area contributed by atoms with E-state index in [1.54, 1.807) is 24.5 Å². The van der Waals surface area contributed by atoms with Gasteiger partial charge in [0.05, 0.1) is 39.8 Å². The van der Waals surface area contributed by atoms with Crippen LogP contribution >= 0.6 is 11.6 Å². The molecule has 2 fully saturated rings. The highest BCUT2D eigenvalue weighted by Gasteiger charge is 2.32. The summed E-state index contributed by atoms with van der Waals surface area (Å²) in [6.07, 6.45) is 5.41. The van der Waals surface area contributed by atoms with Crippen molar-refractivity contribution in [3.8, 4) is 16.9 Å². The molecule has 1 aliphatic heterocycles. The maximum atomic E-state index is 14.2. The van der Waals surface area contributed by atoms with E-state index in [9.17, 15) is 19.4 Å². The van der Waals surface area contributed by atoms with Gasteiger partial charge >= 0.3 is 0 Å². The molecule has 37 heavy (non-hydrogen) atoms. The number of fused-ring (bicyclic) bond motifs is 1. The molecule has 4 aromatic rings. The molecule has 1 saturated carbocycles. The van der Waals surface area contributed by atoms with Crippen LogP contribution in [-0.2, 0) is 0 Å². The average Bonchev–Trinajstić information content (AvgIpc) is 3.67. The van der Waals surface area contributed by atoms with Crippen molar-refractivity contribution in [3.05, 3.63) is 71.3 Å². The number of ketones is 1. The van der Waals surface area contributed by atoms with Crippen LogP contribution in [0.1, 0.15) is 29.6 Å². The van der Waals surface area contributed by atoms with E-state index in [0.717, 1.165) is 31.6 Å². The van der Waals surface area contributed by atoms with Crippen molar-refractivity contribution in [1.82, 2.24) is 9.97 Å². The number of carbonyl (C=O) groups is 1. The first-order valence-electron chi connectivity index (χ1n) is 12.2. The molecule has 3 N–H and O–H groups in total. The lowest BCUT2D eigenvalue weighted by molar-refractivity contribution is 0.0968. The summed E-state index contributed by atoms with van der Waals surface area (Å²) < 4.78 is 14.2. The molecule has 0 spiro atoms. The monoisotopic (exact) mass is 518 g/mol. The first-order valence-corrected chi connectivity index (χ1v) is 12.6. The third-order valence-electron chi connectivity index (χ3n) is 6.94. The van der Waals surface area contributed by atoms with Gasteiger partial charge in [0.1, 0.15) is 5.82 Å². The van der Waals surface area contributed by atoms with E-state index < -0.39 is 11.6 Å². The minimum absolute atomic E-state index is 0.00456. The number of β-amino-alcohol motifs (C(OH)–C–C–N with tert-alkyl or cyclic N) is 1. The van der Waals surface area contributed by atoms with Gasteiger partial charge in [-0.3, -0.25) is 9.78 Å². The van der Waals surface area contributed by atoms with Crippen molar-refractivity contribution in [2.24, 2.45) is 5.92 Å². The third kappa shape index (κ3) is 4.58. The first kappa shape index (κ1) is 23.6. The number of aliphatic hydroxyl groups excluding tert-OH is 1. The SMILES string of the molecule is O=C(c1cnc2ccc(-c3cc(F)c(O)c(Cl)c3)cc2c1Nc1ccc(N2CCC(O)C2)nc1)C1CC1. The molecule has 1 atom stereocenters. The topological polar surface area (TPSA) is 98.6 Å². The van der Waals surface area contributed by atoms with Crippen molar-refractivity contribution in [2.45, 2.75) is 25.4 Å². The second-order valence-corrected chi connectivity index (χ2v) is 10.0. The number of rotatable bonds is 6. The normalized spacial score (nSPS) is 17.4. The minimum atomic E-state index is -0.812. The number of aromatic hydroxyl groups is 1. The van der Waals surface area contributed by atoms with E-state index in [4.69, 9.17) is 11.6 Å². The summed E-state index contributed by atoms with van der Waals surface area (Å²) in [5, 5.41) is 23.6. The number of carbonyl (C=O) groups excluding carboxylic acids is 1. The van der Waals surface area contributed by atoms with Gasteiger partial charge in [-0.25, -0.2) is 9.37 Å². The molecule has 2 aromatic heterocycles. The third-order valence-corrected chi connectivity index (χ3v) is 7.22. The van der Waals surface area contributed by atoms with Crippen molar-refractivity contribution in [1.29, 1.82) is 0 Å². The Morgan fingerprint density at radius 3 is 2.57 bits per heavy atom. The van der Waals surface area contributed by atoms with Gasteiger partial charge in [-0.05, 0) is 66.8 Å². The van der Waals surface area contributed by atoms with Gasteiger partial charge in [0, 0.05) is 30.6 Å². The Morgan fingerprint density at radius 1 is 1.05 bits per heavy atom. The molecule has 2 aromatic carbocycles. The van der Waals surface area contributed by atoms with Crippen LogP contribution < -0.4 is 10.2 Å². The van der Waals surface area contributed by atoms with E-state index in [-0.39, 0.29) is 22.8 Å². The number of benzene rings is 2. The molecule has 3 heterocycles. The van der Waals surface area contributed by atoms with Gasteiger partial charge in [-0.15, -0.1) is 0 Å². The predicted molar refractivity (Wildman–Crippen MR) is 141 cm³/mol. The number of halogens is 2. The van der Waals surface area contributed by atoms with E-state index in [0.29, 0.717) is 45.5 Å². The summed E-state index contributed by atoms with van der Waals surface area (Å²) in [5.74, 6) is -0.587. The van der Waals surface area contributed by atoms with Gasteiger partial charge < -0.3 is 20.4 Å². The highest BCUT2D eigenvalue weighted by molar-refractivity contribution is 6.32. The van der Waals surface area contributed by atoms with Crippen LogP contribution in [0, 0.1) is 11.7 Å². The van der Waals surface area contributed by atoms with Gasteiger partial charge in [0.25, 0.3) is 0 Å². The van der Waals surface area contributed by atoms with Crippen molar-refractivity contribution in [2.75, 3.05) is 23.3 Å². The molecular weight excluding hydrogens is 495 g/mol. The molecule has 0 amide bonds. The number of aliphatic hydroxyl groups is 1. The molecule has 188 valence electrons. The van der Waals surface area contributed by atoms with Crippen LogP contribution in [0.2, 0.25) is 5.02 Å². The van der Waals surface area contributed by atoms with E-state index in [1.165, 1.54) is 12.1 Å². The number of pyridine rings is 2. The lowest BCUT2D eigenvalue weighted by Gasteiger charge is -2.18. The van der Waals surface area contributed by atoms with E-state index in [2.05, 4.69) is 15.3 Å². The molecule has 0 radical (unpaired) electrons. The number of nitrogens with one attached hydrogen (secondary N) is 1. The number of hydrogen-bond acceptors (Lipinski definition) is 7. The number of anilines is 3. The molecule has 6 rings (SSSR count). The minimum Gasteiger partial charge on any atom is -0.504 e. The summed E-state index contributed by atoms with van der Waals surface area (Å²) >= 11 is 6.02. The summed E-state index contributed by atoms with van der Waals surface area (Å²) in [4.78, 5) is 24.3. The number of phenols is 1. The second kappa shape index (κ2) is 9.28. The molecule has 1 aliphatic carbocycles. The highest BCUT2D eigenvalue weighted by Crippen LogP contribution is 2.39. The number of nitrogens with zero attached hydrogens (tertiary/aromatic N) is 3. The fourth-order valence-corrected chi connectivity index (χ4v) is 4.94. The summed E-state index contributed by atoms with van der Waals surface area (Å²) in [6, 6.07) is 11.9. The lowest BCUT2D eigenvalue weighted by atomic mass is 9.98. The summed E-state index contributed by atoms with van der Waals surface area (Å²) in [6.45, 7) is 1.31. The number of hydrogen-bond donors (Lipinski definition) is 3. The van der Waals surface area contributed by atoms with Gasteiger partial charge in [-0.2, -0.15) is 0 Å². The maximum absolute atomic E-state index is 14.2. The van der Waals surface area contributed by atoms with Crippen molar-refractivity contribution in [3.63, 3.8) is 0 Å². The highest BCUT2D eigenvalue weighted by atomic mass is 35.5. The van der Waals surface area contributed by atoms with Gasteiger partial charge in [0.2, 0.25) is 0 Å². The van der Waals surface area contributed by atoms with Gasteiger partial charge in [-0.1, -0.05) is 17.7 Å². The lowest BCUT2D eigenvalue weighted by Crippen LogP contribution is -2.22. The zero-order valence-corrected chi connectivity index (χ0v) is 20.5. The number of aromatic nitrogens is 2. The molecular formula is C28H24ClFN4O3. The summed E-state index contributed by atoms with van der Waals surface area (Å²) in [5.41, 5.74) is 3.62. The van der Waals surface area contributed by atoms with Gasteiger partial charge in [0.15, 0.2) is 17.3 Å². The van der Waals surface area contributed by atoms with Crippen LogP contribution in [0.3, 0.4) is 0 Å². The smallest absolute Gasteiger partial charge is 0.170 e. The van der Waals surface area contributed by atoms with Crippen molar-refractivity contribution < 1.29 is 19.4 Å². The largest absolute Gasteiger partial charge is 0.504 e. The van der Waals surface area contributed by atoms with Crippen LogP contribution in [0.15, 0.2) is 54.9 Å². The zero-order valence-electron chi connectivity index (χ0n) is 19.8. The Morgan fingerprint density at radius 2 is 1.89 bits per heavy atom. The molecule has 7 nitrogen and oxygen atoms in total. The van der Waals surface area contributed by atoms with Crippen molar-refractivity contribution >= 4 is 45.5 Å². The molecule has 1 unspecified atom stereocenters. The number of phenolic OH excluding ortho intramolecular Hbond substituents is 1. The Bertz CT molecular complexity index is 1500. The summed E-state index contributed by atoms with van der Waals surface area (Å²) in [7, 11) is 0. The van der Waals surface area contributed by atoms with Crippen LogP contribution in [-0.4, -0.2) is 45.2 Å². The maximum Gasteiger partial charge on any atom is 0.170 e. The van der Waals surface area contributed by atoms with Crippen LogP contribution in [0.25, 0.3) is 22.0 Å². The Kier molecular flexibility index (Phi) is 5.93. The van der Waals surface area contributed by atoms with Crippen LogP contribution in [0.4, 0.5) is 21.6 Å². The fourth-order valence-electron chi connectivity index (χ4n) is 4.73. The quantitative estimate of drug-likeness (QED) is 0.281. The van der Waals surface area contributed by atoms with Crippen LogP contribution in [0.5, 0.6) is 5.75 Å². The molecule has 0 bridgehead atoms. The van der Waals surface area contributed by atoms with E-state index in [1.807, 2.05) is 23.1 Å². The second-order valence-electron chi connectivity index (χ2n) is 9.62. The average molecular weight is 519 g/mol. The fraction of sp³-hybridized carbons (Fsp3) is 0.250.